The van der Waals surface area contributed by atoms with E-state index in [-0.39, 0.29) is 5.92 Å². The molecular formula is C28H27ClN6. The number of rotatable bonds is 5. The maximum Gasteiger partial charge on any atom is 0.180 e. The fraction of sp³-hybridized carbons (Fsp3) is 0.286. The van der Waals surface area contributed by atoms with Gasteiger partial charge in [0.05, 0.1) is 28.2 Å². The molecule has 1 atom stereocenters. The Morgan fingerprint density at radius 3 is 2.69 bits per heavy atom. The molecule has 4 heterocycles. The summed E-state index contributed by atoms with van der Waals surface area (Å²) in [4.78, 5) is 23.7. The molecule has 6 rings (SSSR count). The summed E-state index contributed by atoms with van der Waals surface area (Å²) >= 11 is 6.80. The first-order chi connectivity index (χ1) is 17.2. The Morgan fingerprint density at radius 2 is 1.86 bits per heavy atom. The van der Waals surface area contributed by atoms with Crippen molar-refractivity contribution in [2.24, 2.45) is 0 Å². The molecule has 1 aliphatic heterocycles. The number of imidazole rings is 1. The normalized spacial score (nSPS) is 15.7. The third-order valence-corrected chi connectivity index (χ3v) is 7.57. The Labute approximate surface area is 209 Å². The van der Waals surface area contributed by atoms with Crippen molar-refractivity contribution < 1.29 is 0 Å². The van der Waals surface area contributed by atoms with Gasteiger partial charge < -0.3 is 9.88 Å². The number of aromatic nitrogens is 5. The number of aromatic amines is 1. The van der Waals surface area contributed by atoms with E-state index in [0.717, 1.165) is 59.5 Å². The zero-order valence-electron chi connectivity index (χ0n) is 19.7. The Morgan fingerprint density at radius 1 is 1.03 bits per heavy atom. The third kappa shape index (κ3) is 4.12. The van der Waals surface area contributed by atoms with E-state index in [9.17, 15) is 0 Å². The van der Waals surface area contributed by atoms with E-state index >= 15 is 0 Å². The maximum atomic E-state index is 6.80. The first-order valence-corrected chi connectivity index (χ1v) is 12.6. The van der Waals surface area contributed by atoms with Crippen LogP contribution in [0.2, 0.25) is 5.02 Å². The van der Waals surface area contributed by atoms with E-state index in [1.54, 1.807) is 12.7 Å². The predicted octanol–water partition coefficient (Wildman–Crippen LogP) is 6.28. The number of nitrogens with one attached hydrogen (secondary N) is 1. The van der Waals surface area contributed by atoms with Crippen molar-refractivity contribution in [2.45, 2.75) is 38.0 Å². The van der Waals surface area contributed by atoms with Crippen LogP contribution in [0, 0.1) is 0 Å². The van der Waals surface area contributed by atoms with Crippen molar-refractivity contribution in [3.05, 3.63) is 89.2 Å². The molecule has 35 heavy (non-hydrogen) atoms. The Balaban J connectivity index is 1.37. The second-order valence-electron chi connectivity index (χ2n) is 9.39. The number of H-pyrrole nitrogens is 1. The van der Waals surface area contributed by atoms with Crippen LogP contribution in [-0.4, -0.2) is 38.0 Å². The van der Waals surface area contributed by atoms with Gasteiger partial charge in [0.2, 0.25) is 0 Å². The highest BCUT2D eigenvalue weighted by molar-refractivity contribution is 6.36. The van der Waals surface area contributed by atoms with E-state index in [1.165, 1.54) is 16.8 Å². The molecule has 1 aliphatic rings. The van der Waals surface area contributed by atoms with Gasteiger partial charge in [-0.05, 0) is 60.4 Å². The van der Waals surface area contributed by atoms with Gasteiger partial charge in [-0.2, -0.15) is 0 Å². The highest BCUT2D eigenvalue weighted by atomic mass is 35.5. The molecule has 0 amide bonds. The molecule has 1 saturated heterocycles. The maximum absolute atomic E-state index is 6.80. The lowest BCUT2D eigenvalue weighted by molar-refractivity contribution is 0.504. The number of halogens is 1. The Hall–Kier alpha value is -3.51. The van der Waals surface area contributed by atoms with Crippen LogP contribution in [0.3, 0.4) is 0 Å². The quantitative estimate of drug-likeness (QED) is 0.319. The minimum Gasteiger partial charge on any atom is -0.369 e. The van der Waals surface area contributed by atoms with Gasteiger partial charge in [-0.15, -0.1) is 0 Å². The van der Waals surface area contributed by atoms with Crippen molar-refractivity contribution in [3.63, 3.8) is 0 Å². The fourth-order valence-corrected chi connectivity index (χ4v) is 5.72. The molecule has 1 fully saturated rings. The van der Waals surface area contributed by atoms with Crippen LogP contribution in [0.25, 0.3) is 22.1 Å². The molecule has 0 saturated carbocycles. The minimum absolute atomic E-state index is 0.183. The molecule has 6 nitrogen and oxygen atoms in total. The van der Waals surface area contributed by atoms with Crippen molar-refractivity contribution in [1.82, 2.24) is 24.9 Å². The summed E-state index contributed by atoms with van der Waals surface area (Å²) in [5, 5.41) is 1.75. The third-order valence-electron chi connectivity index (χ3n) is 7.26. The number of pyridine rings is 1. The lowest BCUT2D eigenvalue weighted by Crippen LogP contribution is -2.34. The largest absolute Gasteiger partial charge is 0.369 e. The van der Waals surface area contributed by atoms with Crippen LogP contribution in [0.15, 0.2) is 67.4 Å². The van der Waals surface area contributed by atoms with Gasteiger partial charge in [-0.1, -0.05) is 48.9 Å². The van der Waals surface area contributed by atoms with Gasteiger partial charge in [-0.3, -0.25) is 4.98 Å². The lowest BCUT2D eigenvalue weighted by Gasteiger charge is -2.36. The van der Waals surface area contributed by atoms with Crippen LogP contribution in [0.4, 0.5) is 5.69 Å². The molecule has 0 spiro atoms. The highest BCUT2D eigenvalue weighted by Crippen LogP contribution is 2.41. The second kappa shape index (κ2) is 9.27. The summed E-state index contributed by atoms with van der Waals surface area (Å²) in [6.07, 6.45) is 8.13. The number of fused-ring (bicyclic) bond motifs is 2. The van der Waals surface area contributed by atoms with Crippen LogP contribution < -0.4 is 4.90 Å². The van der Waals surface area contributed by atoms with Crippen LogP contribution in [-0.2, 0) is 6.42 Å². The number of benzene rings is 2. The SMILES string of the molecule is CC(Cc1ncnc2nc[nH]c12)c1cc(Cl)c2cccnc2c1N1CCC(c2ccccc2)CC1. The molecule has 7 heteroatoms. The van der Waals surface area contributed by atoms with Crippen molar-refractivity contribution in [3.8, 4) is 0 Å². The first-order valence-electron chi connectivity index (χ1n) is 12.2. The number of piperidine rings is 1. The zero-order chi connectivity index (χ0) is 23.8. The van der Waals surface area contributed by atoms with Crippen molar-refractivity contribution in [2.75, 3.05) is 18.0 Å². The Kier molecular flexibility index (Phi) is 5.82. The number of anilines is 1. The summed E-state index contributed by atoms with van der Waals surface area (Å²) in [6, 6.07) is 17.0. The van der Waals surface area contributed by atoms with Gasteiger partial charge in [0.15, 0.2) is 5.65 Å². The number of nitrogens with zero attached hydrogens (tertiary/aromatic N) is 5. The topological polar surface area (TPSA) is 70.6 Å². The highest BCUT2D eigenvalue weighted by Gasteiger charge is 2.27. The summed E-state index contributed by atoms with van der Waals surface area (Å²) in [6.45, 7) is 4.22. The number of hydrogen-bond donors (Lipinski definition) is 1. The standard InChI is InChI=1S/C28H27ClN6/c1-18(14-24-26-28(33-16-31-24)34-17-32-26)22-15-23(29)21-8-5-11-30-25(21)27(22)35-12-9-20(10-13-35)19-6-3-2-4-7-19/h2-8,11,15-18,20H,9-10,12-14H2,1H3,(H,31,32,33,34). The van der Waals surface area contributed by atoms with Crippen LogP contribution >= 0.6 is 11.6 Å². The van der Waals surface area contributed by atoms with Gasteiger partial charge in [0.1, 0.15) is 11.8 Å². The summed E-state index contributed by atoms with van der Waals surface area (Å²) in [7, 11) is 0. The first kappa shape index (κ1) is 22.0. The Bertz CT molecular complexity index is 1470. The van der Waals surface area contributed by atoms with E-state index < -0.39 is 0 Å². The molecular weight excluding hydrogens is 456 g/mol. The predicted molar refractivity (Wildman–Crippen MR) is 141 cm³/mol. The van der Waals surface area contributed by atoms with Crippen LogP contribution in [0.1, 0.15) is 48.4 Å². The summed E-state index contributed by atoms with van der Waals surface area (Å²) in [5.41, 5.74) is 7.40. The van der Waals surface area contributed by atoms with E-state index in [1.807, 2.05) is 12.3 Å². The lowest BCUT2D eigenvalue weighted by atomic mass is 9.87. The van der Waals surface area contributed by atoms with Crippen molar-refractivity contribution in [1.29, 1.82) is 0 Å². The molecule has 1 N–H and O–H groups in total. The molecule has 176 valence electrons. The second-order valence-corrected chi connectivity index (χ2v) is 9.80. The molecule has 0 aliphatic carbocycles. The fourth-order valence-electron chi connectivity index (χ4n) is 5.45. The number of hydrogen-bond acceptors (Lipinski definition) is 5. The average molecular weight is 483 g/mol. The van der Waals surface area contributed by atoms with Gasteiger partial charge >= 0.3 is 0 Å². The molecule has 5 aromatic rings. The van der Waals surface area contributed by atoms with Crippen LogP contribution in [0.5, 0.6) is 0 Å². The molecule has 1 unspecified atom stereocenters. The van der Waals surface area contributed by atoms with Crippen molar-refractivity contribution >= 4 is 39.4 Å². The van der Waals surface area contributed by atoms with Gasteiger partial charge in [0, 0.05) is 24.7 Å². The van der Waals surface area contributed by atoms with E-state index in [2.05, 4.69) is 74.2 Å². The molecule has 3 aromatic heterocycles. The molecule has 2 aromatic carbocycles. The summed E-state index contributed by atoms with van der Waals surface area (Å²) in [5.74, 6) is 0.775. The summed E-state index contributed by atoms with van der Waals surface area (Å²) < 4.78 is 0. The zero-order valence-corrected chi connectivity index (χ0v) is 20.4. The van der Waals surface area contributed by atoms with Gasteiger partial charge in [-0.25, -0.2) is 15.0 Å². The van der Waals surface area contributed by atoms with E-state index in [4.69, 9.17) is 16.6 Å². The monoisotopic (exact) mass is 482 g/mol. The van der Waals surface area contributed by atoms with E-state index in [0.29, 0.717) is 11.6 Å². The molecule has 0 bridgehead atoms. The average Bonchev–Trinajstić information content (AvgIpc) is 3.39. The minimum atomic E-state index is 0.183. The van der Waals surface area contributed by atoms with Gasteiger partial charge in [0.25, 0.3) is 0 Å². The smallest absolute Gasteiger partial charge is 0.180 e. The molecule has 0 radical (unpaired) electrons.